The van der Waals surface area contributed by atoms with Crippen LogP contribution in [0.15, 0.2) is 78.7 Å². The van der Waals surface area contributed by atoms with Crippen LogP contribution in [0.2, 0.25) is 0 Å². The first-order valence-corrected chi connectivity index (χ1v) is 11.8. The SMILES string of the molecule is C=C/C(=C\C=C/C)c1csc(C)n1.CC(=O)Nc1ccc(C(=O)Nc2ccc(C)c(C)c2)cc1. The molecular weight excluding hydrogens is 442 g/mol. The van der Waals surface area contributed by atoms with E-state index in [2.05, 4.69) is 22.2 Å². The Bertz CT molecular complexity index is 1200. The Morgan fingerprint density at radius 1 is 0.971 bits per heavy atom. The van der Waals surface area contributed by atoms with E-state index in [1.807, 2.05) is 75.6 Å². The molecule has 0 radical (unpaired) electrons. The van der Waals surface area contributed by atoms with Gasteiger partial charge in [0.25, 0.3) is 5.91 Å². The predicted octanol–water partition coefficient (Wildman–Crippen LogP) is 7.11. The second-order valence-electron chi connectivity index (χ2n) is 7.62. The van der Waals surface area contributed by atoms with Gasteiger partial charge in [0.2, 0.25) is 5.91 Å². The van der Waals surface area contributed by atoms with Gasteiger partial charge in [0.1, 0.15) is 0 Å². The molecule has 0 saturated carbocycles. The van der Waals surface area contributed by atoms with Crippen LogP contribution in [0.5, 0.6) is 0 Å². The zero-order chi connectivity index (χ0) is 25.1. The van der Waals surface area contributed by atoms with Gasteiger partial charge in [0.05, 0.1) is 10.7 Å². The number of nitrogens with zero attached hydrogens (tertiary/aromatic N) is 1. The van der Waals surface area contributed by atoms with Crippen LogP contribution < -0.4 is 10.6 Å². The van der Waals surface area contributed by atoms with Gasteiger partial charge in [-0.2, -0.15) is 0 Å². The number of carbonyl (C=O) groups is 2. The summed E-state index contributed by atoms with van der Waals surface area (Å²) >= 11 is 1.66. The molecule has 1 aromatic heterocycles. The Labute approximate surface area is 206 Å². The minimum absolute atomic E-state index is 0.137. The Kier molecular flexibility index (Phi) is 10.2. The van der Waals surface area contributed by atoms with Crippen molar-refractivity contribution in [2.75, 3.05) is 10.6 Å². The lowest BCUT2D eigenvalue weighted by Gasteiger charge is -2.08. The molecule has 2 aromatic carbocycles. The first-order chi connectivity index (χ1) is 16.2. The highest BCUT2D eigenvalue weighted by molar-refractivity contribution is 7.09. The third-order valence-electron chi connectivity index (χ3n) is 4.84. The van der Waals surface area contributed by atoms with Crippen LogP contribution in [0.1, 0.15) is 46.0 Å². The van der Waals surface area contributed by atoms with Crippen molar-refractivity contribution in [3.8, 4) is 0 Å². The summed E-state index contributed by atoms with van der Waals surface area (Å²) in [7, 11) is 0. The monoisotopic (exact) mass is 473 g/mol. The summed E-state index contributed by atoms with van der Waals surface area (Å²) in [6, 6.07) is 12.6. The van der Waals surface area contributed by atoms with Crippen LogP contribution >= 0.6 is 11.3 Å². The van der Waals surface area contributed by atoms with Crippen molar-refractivity contribution < 1.29 is 9.59 Å². The number of thiazole rings is 1. The third kappa shape index (κ3) is 8.30. The lowest BCUT2D eigenvalue weighted by molar-refractivity contribution is -0.114. The minimum atomic E-state index is -0.173. The van der Waals surface area contributed by atoms with Crippen LogP contribution in [-0.4, -0.2) is 16.8 Å². The van der Waals surface area contributed by atoms with Gasteiger partial charge in [-0.05, 0) is 75.2 Å². The number of carbonyl (C=O) groups excluding carboxylic acids is 2. The molecule has 0 fully saturated rings. The highest BCUT2D eigenvalue weighted by Gasteiger charge is 2.07. The number of nitrogens with one attached hydrogen (secondary N) is 2. The molecule has 0 aliphatic carbocycles. The number of amides is 2. The molecule has 0 aliphatic heterocycles. The van der Waals surface area contributed by atoms with Crippen LogP contribution in [0.25, 0.3) is 5.57 Å². The van der Waals surface area contributed by atoms with E-state index in [1.165, 1.54) is 12.5 Å². The molecule has 0 aliphatic rings. The molecule has 3 aromatic rings. The average Bonchev–Trinajstić information content (AvgIpc) is 3.23. The van der Waals surface area contributed by atoms with Crippen molar-refractivity contribution in [3.05, 3.63) is 106 Å². The molecule has 2 N–H and O–H groups in total. The second-order valence-corrected chi connectivity index (χ2v) is 8.68. The van der Waals surface area contributed by atoms with Crippen LogP contribution in [0.4, 0.5) is 11.4 Å². The maximum absolute atomic E-state index is 12.1. The minimum Gasteiger partial charge on any atom is -0.326 e. The standard InChI is InChI=1S/C17H18N2O2.C11H13NS/c1-11-4-7-16(10-12(11)2)19-17(21)14-5-8-15(9-6-14)18-13(3)20;1-4-6-7-10(5-2)11-8-13-9(3)12-11/h4-10H,1-3H3,(H,18,20)(H,19,21);4-8H,2H2,1,3H3/b;6-4-,10-7+. The van der Waals surface area contributed by atoms with Crippen molar-refractivity contribution in [2.24, 2.45) is 0 Å². The van der Waals surface area contributed by atoms with Gasteiger partial charge < -0.3 is 10.6 Å². The Morgan fingerprint density at radius 2 is 1.65 bits per heavy atom. The summed E-state index contributed by atoms with van der Waals surface area (Å²) in [5.41, 5.74) is 6.39. The summed E-state index contributed by atoms with van der Waals surface area (Å²) in [5.74, 6) is -0.310. The van der Waals surface area contributed by atoms with E-state index >= 15 is 0 Å². The number of aryl methyl sites for hydroxylation is 3. The smallest absolute Gasteiger partial charge is 0.255 e. The fourth-order valence-corrected chi connectivity index (χ4v) is 3.51. The number of aromatic nitrogens is 1. The summed E-state index contributed by atoms with van der Waals surface area (Å²) in [4.78, 5) is 27.5. The molecule has 3 rings (SSSR count). The van der Waals surface area contributed by atoms with Gasteiger partial charge >= 0.3 is 0 Å². The zero-order valence-electron chi connectivity index (χ0n) is 20.3. The fraction of sp³-hybridized carbons (Fsp3) is 0.179. The Morgan fingerprint density at radius 3 is 2.18 bits per heavy atom. The molecule has 0 bridgehead atoms. The van der Waals surface area contributed by atoms with Gasteiger partial charge in [-0.1, -0.05) is 36.9 Å². The highest BCUT2D eigenvalue weighted by atomic mass is 32.1. The van der Waals surface area contributed by atoms with E-state index in [1.54, 1.807) is 35.6 Å². The van der Waals surface area contributed by atoms with Crippen LogP contribution in [0, 0.1) is 20.8 Å². The molecule has 0 spiro atoms. The van der Waals surface area contributed by atoms with E-state index in [4.69, 9.17) is 0 Å². The average molecular weight is 474 g/mol. The Balaban J connectivity index is 0.000000270. The second kappa shape index (κ2) is 13.1. The maximum Gasteiger partial charge on any atom is 0.255 e. The lowest BCUT2D eigenvalue weighted by Crippen LogP contribution is -2.12. The van der Waals surface area contributed by atoms with Crippen molar-refractivity contribution in [1.82, 2.24) is 4.98 Å². The number of hydrogen-bond donors (Lipinski definition) is 2. The fourth-order valence-electron chi connectivity index (χ4n) is 2.88. The number of rotatable bonds is 6. The number of anilines is 2. The molecule has 0 atom stereocenters. The zero-order valence-corrected chi connectivity index (χ0v) is 21.1. The van der Waals surface area contributed by atoms with E-state index in [0.29, 0.717) is 11.3 Å². The molecule has 1 heterocycles. The molecular formula is C28H31N3O2S. The van der Waals surface area contributed by atoms with Gasteiger partial charge in [-0.3, -0.25) is 9.59 Å². The van der Waals surface area contributed by atoms with E-state index in [9.17, 15) is 9.59 Å². The number of hydrogen-bond acceptors (Lipinski definition) is 4. The van der Waals surface area contributed by atoms with E-state index < -0.39 is 0 Å². The van der Waals surface area contributed by atoms with Gasteiger partial charge in [-0.15, -0.1) is 11.3 Å². The first kappa shape index (κ1) is 26.5. The summed E-state index contributed by atoms with van der Waals surface area (Å²) in [6.45, 7) is 13.2. The first-order valence-electron chi connectivity index (χ1n) is 10.9. The topological polar surface area (TPSA) is 71.1 Å². The maximum atomic E-state index is 12.1. The van der Waals surface area contributed by atoms with Crippen LogP contribution in [0.3, 0.4) is 0 Å². The summed E-state index contributed by atoms with van der Waals surface area (Å²) < 4.78 is 0. The quantitative estimate of drug-likeness (QED) is 0.375. The Hall–Kier alpha value is -3.77. The molecule has 2 amide bonds. The lowest BCUT2D eigenvalue weighted by atomic mass is 10.1. The molecule has 5 nitrogen and oxygen atoms in total. The van der Waals surface area contributed by atoms with E-state index in [0.717, 1.165) is 27.5 Å². The third-order valence-corrected chi connectivity index (χ3v) is 5.61. The van der Waals surface area contributed by atoms with Crippen molar-refractivity contribution >= 4 is 40.1 Å². The largest absolute Gasteiger partial charge is 0.326 e. The number of allylic oxidation sites excluding steroid dienone is 5. The van der Waals surface area contributed by atoms with Crippen molar-refractivity contribution in [1.29, 1.82) is 0 Å². The van der Waals surface area contributed by atoms with E-state index in [-0.39, 0.29) is 11.8 Å². The van der Waals surface area contributed by atoms with Crippen molar-refractivity contribution in [3.63, 3.8) is 0 Å². The normalized spacial score (nSPS) is 10.9. The van der Waals surface area contributed by atoms with Gasteiger partial charge in [0.15, 0.2) is 0 Å². The molecule has 0 unspecified atom stereocenters. The molecule has 176 valence electrons. The molecule has 34 heavy (non-hydrogen) atoms. The summed E-state index contributed by atoms with van der Waals surface area (Å²) in [5, 5.41) is 8.66. The predicted molar refractivity (Wildman–Crippen MR) is 144 cm³/mol. The van der Waals surface area contributed by atoms with Gasteiger partial charge in [0, 0.05) is 34.8 Å². The number of benzene rings is 2. The van der Waals surface area contributed by atoms with Crippen LogP contribution in [-0.2, 0) is 4.79 Å². The van der Waals surface area contributed by atoms with Crippen molar-refractivity contribution in [2.45, 2.75) is 34.6 Å². The van der Waals surface area contributed by atoms with Gasteiger partial charge in [-0.25, -0.2) is 4.98 Å². The molecule has 0 saturated heterocycles. The highest BCUT2D eigenvalue weighted by Crippen LogP contribution is 2.18. The molecule has 6 heteroatoms. The summed E-state index contributed by atoms with van der Waals surface area (Å²) in [6.07, 6.45) is 7.82.